The van der Waals surface area contributed by atoms with Crippen LogP contribution in [-0.4, -0.2) is 39.7 Å². The molecule has 5 aromatic rings. The highest BCUT2D eigenvalue weighted by Crippen LogP contribution is 2.35. The number of pyridine rings is 1. The number of carbonyl (C=O) groups is 2. The van der Waals surface area contributed by atoms with Gasteiger partial charge in [0.15, 0.2) is 0 Å². The lowest BCUT2D eigenvalue weighted by Gasteiger charge is -2.30. The Kier molecular flexibility index (Phi) is 8.25. The third-order valence-corrected chi connectivity index (χ3v) is 8.82. The van der Waals surface area contributed by atoms with Crippen LogP contribution >= 0.6 is 0 Å². The molecule has 3 heterocycles. The highest BCUT2D eigenvalue weighted by molar-refractivity contribution is 6.09. The first-order valence-electron chi connectivity index (χ1n) is 15.0. The highest BCUT2D eigenvalue weighted by atomic mass is 16.5. The summed E-state index contributed by atoms with van der Waals surface area (Å²) in [7, 11) is 0. The average Bonchev–Trinajstić information content (AvgIpc) is 3.33. The number of aryl methyl sites for hydroxylation is 2. The highest BCUT2D eigenvalue weighted by Gasteiger charge is 2.31. The fraction of sp³-hybridized carbons (Fsp3) is 0.306. The van der Waals surface area contributed by atoms with E-state index in [1.807, 2.05) is 56.3 Å². The zero-order valence-corrected chi connectivity index (χ0v) is 24.7. The van der Waals surface area contributed by atoms with Crippen molar-refractivity contribution in [2.24, 2.45) is 5.92 Å². The van der Waals surface area contributed by atoms with E-state index in [-0.39, 0.29) is 24.2 Å². The summed E-state index contributed by atoms with van der Waals surface area (Å²) in [4.78, 5) is 30.1. The van der Waals surface area contributed by atoms with Crippen LogP contribution in [-0.2, 0) is 33.8 Å². The number of carboxylic acids is 1. The van der Waals surface area contributed by atoms with Crippen LogP contribution in [0.4, 0.5) is 0 Å². The first-order valence-corrected chi connectivity index (χ1v) is 15.0. The molecule has 3 aromatic carbocycles. The molecule has 7 nitrogen and oxygen atoms in total. The minimum Gasteiger partial charge on any atom is -0.481 e. The molecule has 2 N–H and O–H groups in total. The molecular formula is C36H37N3O4. The first kappa shape index (κ1) is 28.6. The van der Waals surface area contributed by atoms with Gasteiger partial charge in [-0.1, -0.05) is 72.8 Å². The molecule has 1 aliphatic heterocycles. The molecule has 1 amide bonds. The van der Waals surface area contributed by atoms with Crippen molar-refractivity contribution >= 4 is 33.8 Å². The van der Waals surface area contributed by atoms with Crippen LogP contribution in [0.2, 0.25) is 0 Å². The SMILES string of the molecule is Cc1nc2c(c(C)c1CC(=O)O)c1ccccc1n2Cc1ccc(C(C(=O)NCc2ccccc2)C2CCOCC2)cc1. The number of nitrogens with zero attached hydrogens (tertiary/aromatic N) is 2. The first-order chi connectivity index (χ1) is 20.9. The minimum absolute atomic E-state index is 0.0468. The molecule has 220 valence electrons. The summed E-state index contributed by atoms with van der Waals surface area (Å²) in [5, 5.41) is 14.8. The molecule has 1 atom stereocenters. The number of aromatic nitrogens is 2. The topological polar surface area (TPSA) is 93.5 Å². The molecule has 1 saturated heterocycles. The second-order valence-electron chi connectivity index (χ2n) is 11.5. The van der Waals surface area contributed by atoms with E-state index < -0.39 is 5.97 Å². The number of ether oxygens (including phenoxy) is 1. The molecule has 0 aliphatic carbocycles. The van der Waals surface area contributed by atoms with Crippen molar-refractivity contribution in [3.63, 3.8) is 0 Å². The Morgan fingerprint density at radius 1 is 0.953 bits per heavy atom. The van der Waals surface area contributed by atoms with Gasteiger partial charge >= 0.3 is 5.97 Å². The smallest absolute Gasteiger partial charge is 0.307 e. The predicted molar refractivity (Wildman–Crippen MR) is 168 cm³/mol. The largest absolute Gasteiger partial charge is 0.481 e. The van der Waals surface area contributed by atoms with E-state index in [4.69, 9.17) is 9.72 Å². The fourth-order valence-corrected chi connectivity index (χ4v) is 6.59. The number of fused-ring (bicyclic) bond motifs is 3. The van der Waals surface area contributed by atoms with Gasteiger partial charge in [-0.2, -0.15) is 0 Å². The van der Waals surface area contributed by atoms with Crippen LogP contribution in [0.1, 0.15) is 52.3 Å². The van der Waals surface area contributed by atoms with E-state index in [1.165, 1.54) is 0 Å². The number of hydrogen-bond acceptors (Lipinski definition) is 4. The summed E-state index contributed by atoms with van der Waals surface area (Å²) in [5.41, 5.74) is 7.61. The minimum atomic E-state index is -0.857. The van der Waals surface area contributed by atoms with Gasteiger partial charge in [-0.25, -0.2) is 4.98 Å². The molecule has 0 spiro atoms. The number of benzene rings is 3. The Morgan fingerprint density at radius 3 is 2.37 bits per heavy atom. The van der Waals surface area contributed by atoms with E-state index in [2.05, 4.69) is 46.3 Å². The Morgan fingerprint density at radius 2 is 1.65 bits per heavy atom. The second-order valence-corrected chi connectivity index (χ2v) is 11.5. The van der Waals surface area contributed by atoms with Gasteiger partial charge in [-0.15, -0.1) is 0 Å². The Balaban J connectivity index is 1.31. The third-order valence-electron chi connectivity index (χ3n) is 8.82. The monoisotopic (exact) mass is 575 g/mol. The molecule has 1 unspecified atom stereocenters. The molecular weight excluding hydrogens is 538 g/mol. The fourth-order valence-electron chi connectivity index (χ4n) is 6.59. The van der Waals surface area contributed by atoms with Gasteiger partial charge < -0.3 is 19.7 Å². The summed E-state index contributed by atoms with van der Waals surface area (Å²) in [6.07, 6.45) is 1.68. The van der Waals surface area contributed by atoms with Gasteiger partial charge in [0.25, 0.3) is 0 Å². The molecule has 43 heavy (non-hydrogen) atoms. The van der Waals surface area contributed by atoms with Crippen molar-refractivity contribution in [3.05, 3.63) is 112 Å². The van der Waals surface area contributed by atoms with E-state index >= 15 is 0 Å². The molecule has 1 aliphatic rings. The average molecular weight is 576 g/mol. The number of aliphatic carboxylic acids is 1. The van der Waals surface area contributed by atoms with Crippen LogP contribution in [0, 0.1) is 19.8 Å². The number of para-hydroxylation sites is 1. The zero-order chi connectivity index (χ0) is 29.9. The summed E-state index contributed by atoms with van der Waals surface area (Å²) < 4.78 is 7.83. The Hall–Kier alpha value is -4.49. The number of carboxylic acid groups (broad SMARTS) is 1. The van der Waals surface area contributed by atoms with Crippen molar-refractivity contribution in [2.75, 3.05) is 13.2 Å². The van der Waals surface area contributed by atoms with E-state index in [9.17, 15) is 14.7 Å². The van der Waals surface area contributed by atoms with Gasteiger partial charge in [-0.3, -0.25) is 9.59 Å². The number of amides is 1. The normalized spacial score (nSPS) is 14.7. The van der Waals surface area contributed by atoms with Gasteiger partial charge in [0, 0.05) is 42.8 Å². The van der Waals surface area contributed by atoms with Crippen LogP contribution in [0.3, 0.4) is 0 Å². The number of rotatable bonds is 9. The Labute approximate surface area is 251 Å². The maximum atomic E-state index is 13.6. The lowest BCUT2D eigenvalue weighted by atomic mass is 9.80. The summed E-state index contributed by atoms with van der Waals surface area (Å²) in [6.45, 7) is 6.36. The van der Waals surface area contributed by atoms with Crippen molar-refractivity contribution < 1.29 is 19.4 Å². The molecule has 0 saturated carbocycles. The summed E-state index contributed by atoms with van der Waals surface area (Å²) >= 11 is 0. The standard InChI is InChI=1S/C36H37N3O4/c1-23-30(20-32(40)41)24(2)38-35-33(23)29-10-6-7-11-31(29)39(35)22-26-12-14-27(15-13-26)34(28-16-18-43-19-17-28)36(42)37-21-25-8-4-3-5-9-25/h3-15,28,34H,16-22H2,1-2H3,(H,37,42)(H,40,41). The maximum absolute atomic E-state index is 13.6. The molecule has 1 fully saturated rings. The van der Waals surface area contributed by atoms with Crippen molar-refractivity contribution in [3.8, 4) is 0 Å². The van der Waals surface area contributed by atoms with Gasteiger partial charge in [-0.05, 0) is 66.5 Å². The third kappa shape index (κ3) is 5.90. The maximum Gasteiger partial charge on any atom is 0.307 e. The number of nitrogens with one attached hydrogen (secondary N) is 1. The lowest BCUT2D eigenvalue weighted by Crippen LogP contribution is -2.35. The lowest BCUT2D eigenvalue weighted by molar-refractivity contribution is -0.136. The van der Waals surface area contributed by atoms with Crippen molar-refractivity contribution in [1.82, 2.24) is 14.9 Å². The van der Waals surface area contributed by atoms with E-state index in [0.717, 1.165) is 68.3 Å². The second kappa shape index (κ2) is 12.4. The van der Waals surface area contributed by atoms with E-state index in [1.54, 1.807) is 0 Å². The van der Waals surface area contributed by atoms with Crippen molar-refractivity contribution in [2.45, 2.75) is 52.1 Å². The van der Waals surface area contributed by atoms with Gasteiger partial charge in [0.2, 0.25) is 5.91 Å². The van der Waals surface area contributed by atoms with Gasteiger partial charge in [0.1, 0.15) is 5.65 Å². The molecule has 2 aromatic heterocycles. The molecule has 0 radical (unpaired) electrons. The van der Waals surface area contributed by atoms with Crippen molar-refractivity contribution in [1.29, 1.82) is 0 Å². The van der Waals surface area contributed by atoms with Crippen LogP contribution in [0.15, 0.2) is 78.9 Å². The molecule has 0 bridgehead atoms. The zero-order valence-electron chi connectivity index (χ0n) is 24.7. The number of carbonyl (C=O) groups excluding carboxylic acids is 1. The summed E-state index contributed by atoms with van der Waals surface area (Å²) in [5.74, 6) is -0.820. The molecule has 6 rings (SSSR count). The molecule has 7 heteroatoms. The summed E-state index contributed by atoms with van der Waals surface area (Å²) in [6, 6.07) is 26.6. The van der Waals surface area contributed by atoms with Gasteiger partial charge in [0.05, 0.1) is 17.9 Å². The predicted octanol–water partition coefficient (Wildman–Crippen LogP) is 6.31. The van der Waals surface area contributed by atoms with Crippen LogP contribution in [0.5, 0.6) is 0 Å². The van der Waals surface area contributed by atoms with E-state index in [0.29, 0.717) is 26.3 Å². The number of hydrogen-bond donors (Lipinski definition) is 2. The quantitative estimate of drug-likeness (QED) is 0.215. The van der Waals surface area contributed by atoms with Crippen LogP contribution in [0.25, 0.3) is 21.9 Å². The van der Waals surface area contributed by atoms with Crippen LogP contribution < -0.4 is 5.32 Å². The Bertz CT molecular complexity index is 1770.